The molecule has 2 aromatic carbocycles. The fraction of sp³-hybridized carbons (Fsp3) is 0.250. The standard InChI is InChI=1S/C10H14O2.C6H6O/c1-2-3-4-8-5-6-9(11)10(12)7-8;7-6-4-2-1-3-5-6/h5-7,11-12H,2-4H2,1H3;1-5,7H. The number of unbranched alkanes of at least 4 members (excludes halogenated alkanes) is 1. The average molecular weight is 260 g/mol. The first-order chi connectivity index (χ1) is 9.13. The predicted molar refractivity (Wildman–Crippen MR) is 76.5 cm³/mol. The lowest BCUT2D eigenvalue weighted by molar-refractivity contribution is 0.403. The first kappa shape index (κ1) is 14.9. The van der Waals surface area contributed by atoms with Crippen LogP contribution in [0, 0.1) is 0 Å². The molecule has 2 aromatic rings. The highest BCUT2D eigenvalue weighted by atomic mass is 16.3. The Bertz CT molecular complexity index is 481. The molecule has 0 spiro atoms. The number of aromatic hydroxyl groups is 3. The summed E-state index contributed by atoms with van der Waals surface area (Å²) in [6.07, 6.45) is 3.22. The normalized spacial score (nSPS) is 9.53. The van der Waals surface area contributed by atoms with Crippen LogP contribution in [0.3, 0.4) is 0 Å². The topological polar surface area (TPSA) is 60.7 Å². The van der Waals surface area contributed by atoms with Crippen LogP contribution in [0.4, 0.5) is 0 Å². The molecular weight excluding hydrogens is 240 g/mol. The molecule has 0 aliphatic heterocycles. The Morgan fingerprint density at radius 3 is 2.00 bits per heavy atom. The van der Waals surface area contributed by atoms with Crippen LogP contribution >= 0.6 is 0 Å². The Labute approximate surface area is 113 Å². The van der Waals surface area contributed by atoms with Gasteiger partial charge in [-0.2, -0.15) is 0 Å². The second-order valence-electron chi connectivity index (χ2n) is 4.26. The van der Waals surface area contributed by atoms with Crippen LogP contribution < -0.4 is 0 Å². The summed E-state index contributed by atoms with van der Waals surface area (Å²) in [6, 6.07) is 13.7. The van der Waals surface area contributed by atoms with Gasteiger partial charge in [0.2, 0.25) is 0 Å². The minimum Gasteiger partial charge on any atom is -0.508 e. The summed E-state index contributed by atoms with van der Waals surface area (Å²) in [5, 5.41) is 26.8. The molecule has 0 aromatic heterocycles. The molecule has 3 nitrogen and oxygen atoms in total. The van der Waals surface area contributed by atoms with Crippen LogP contribution in [-0.2, 0) is 6.42 Å². The van der Waals surface area contributed by atoms with Crippen molar-refractivity contribution in [1.82, 2.24) is 0 Å². The maximum atomic E-state index is 9.15. The summed E-state index contributed by atoms with van der Waals surface area (Å²) < 4.78 is 0. The summed E-state index contributed by atoms with van der Waals surface area (Å²) in [5.41, 5.74) is 1.08. The van der Waals surface area contributed by atoms with Gasteiger partial charge in [0.15, 0.2) is 11.5 Å². The van der Waals surface area contributed by atoms with E-state index in [1.54, 1.807) is 30.3 Å². The van der Waals surface area contributed by atoms with Crippen molar-refractivity contribution in [3.05, 3.63) is 54.1 Å². The van der Waals surface area contributed by atoms with Gasteiger partial charge in [0.25, 0.3) is 0 Å². The van der Waals surface area contributed by atoms with Crippen molar-refractivity contribution in [3.63, 3.8) is 0 Å². The van der Waals surface area contributed by atoms with Gasteiger partial charge in [-0.1, -0.05) is 37.6 Å². The number of para-hydroxylation sites is 1. The Morgan fingerprint density at radius 1 is 0.842 bits per heavy atom. The number of rotatable bonds is 3. The van der Waals surface area contributed by atoms with E-state index < -0.39 is 0 Å². The number of phenolic OH excluding ortho intramolecular Hbond substituents is 3. The van der Waals surface area contributed by atoms with Crippen molar-refractivity contribution in [2.45, 2.75) is 26.2 Å². The van der Waals surface area contributed by atoms with Gasteiger partial charge in [-0.3, -0.25) is 0 Å². The number of hydrogen-bond acceptors (Lipinski definition) is 3. The zero-order chi connectivity index (χ0) is 14.1. The highest BCUT2D eigenvalue weighted by molar-refractivity contribution is 5.40. The summed E-state index contributed by atoms with van der Waals surface area (Å²) in [7, 11) is 0. The maximum absolute atomic E-state index is 9.15. The summed E-state index contributed by atoms with van der Waals surface area (Å²) in [6.45, 7) is 2.13. The van der Waals surface area contributed by atoms with E-state index in [0.29, 0.717) is 5.75 Å². The number of phenols is 3. The van der Waals surface area contributed by atoms with Crippen molar-refractivity contribution >= 4 is 0 Å². The third kappa shape index (κ3) is 5.82. The molecule has 0 bridgehead atoms. The quantitative estimate of drug-likeness (QED) is 0.735. The van der Waals surface area contributed by atoms with Crippen LogP contribution in [0.15, 0.2) is 48.5 Å². The molecule has 2 rings (SSSR count). The number of benzene rings is 2. The van der Waals surface area contributed by atoms with Gasteiger partial charge in [0.05, 0.1) is 0 Å². The Hall–Kier alpha value is -2.16. The molecule has 3 N–H and O–H groups in total. The summed E-state index contributed by atoms with van der Waals surface area (Å²) in [5.74, 6) is 0.251. The largest absolute Gasteiger partial charge is 0.508 e. The molecule has 0 heterocycles. The lowest BCUT2D eigenvalue weighted by Crippen LogP contribution is -1.83. The van der Waals surface area contributed by atoms with Crippen molar-refractivity contribution in [3.8, 4) is 17.2 Å². The zero-order valence-electron chi connectivity index (χ0n) is 11.1. The number of aryl methyl sites for hydroxylation is 1. The van der Waals surface area contributed by atoms with E-state index in [2.05, 4.69) is 6.92 Å². The maximum Gasteiger partial charge on any atom is 0.157 e. The lowest BCUT2D eigenvalue weighted by Gasteiger charge is -2.01. The van der Waals surface area contributed by atoms with E-state index in [1.165, 1.54) is 6.07 Å². The molecule has 3 heteroatoms. The monoisotopic (exact) mass is 260 g/mol. The zero-order valence-corrected chi connectivity index (χ0v) is 11.1. The molecule has 0 aliphatic rings. The van der Waals surface area contributed by atoms with E-state index in [1.807, 2.05) is 12.1 Å². The molecule has 0 radical (unpaired) electrons. The van der Waals surface area contributed by atoms with Crippen LogP contribution in [0.1, 0.15) is 25.3 Å². The van der Waals surface area contributed by atoms with Gasteiger partial charge < -0.3 is 15.3 Å². The number of hydrogen-bond donors (Lipinski definition) is 3. The first-order valence-electron chi connectivity index (χ1n) is 6.38. The van der Waals surface area contributed by atoms with Gasteiger partial charge in [0, 0.05) is 0 Å². The van der Waals surface area contributed by atoms with Crippen LogP contribution in [0.25, 0.3) is 0 Å². The predicted octanol–water partition coefficient (Wildman–Crippen LogP) is 3.83. The average Bonchev–Trinajstić information content (AvgIpc) is 2.42. The highest BCUT2D eigenvalue weighted by Gasteiger charge is 1.99. The molecule has 0 aliphatic carbocycles. The molecule has 0 atom stereocenters. The Balaban J connectivity index is 0.000000218. The SMILES string of the molecule is CCCCc1ccc(O)c(O)c1.Oc1ccccc1. The Kier molecular flexibility index (Phi) is 6.30. The first-order valence-corrected chi connectivity index (χ1v) is 6.38. The van der Waals surface area contributed by atoms with Crippen LogP contribution in [0.5, 0.6) is 17.2 Å². The molecule has 19 heavy (non-hydrogen) atoms. The molecule has 0 amide bonds. The van der Waals surface area contributed by atoms with E-state index in [-0.39, 0.29) is 11.5 Å². The summed E-state index contributed by atoms with van der Waals surface area (Å²) in [4.78, 5) is 0. The molecule has 102 valence electrons. The van der Waals surface area contributed by atoms with Gasteiger partial charge in [0.1, 0.15) is 5.75 Å². The van der Waals surface area contributed by atoms with Crippen LogP contribution in [0.2, 0.25) is 0 Å². The third-order valence-corrected chi connectivity index (χ3v) is 2.62. The fourth-order valence-corrected chi connectivity index (χ4v) is 1.53. The highest BCUT2D eigenvalue weighted by Crippen LogP contribution is 2.25. The second kappa shape index (κ2) is 8.03. The smallest absolute Gasteiger partial charge is 0.157 e. The van der Waals surface area contributed by atoms with E-state index in [0.717, 1.165) is 24.8 Å². The third-order valence-electron chi connectivity index (χ3n) is 2.62. The van der Waals surface area contributed by atoms with Gasteiger partial charge in [-0.05, 0) is 42.7 Å². The fourth-order valence-electron chi connectivity index (χ4n) is 1.53. The molecular formula is C16H20O3. The van der Waals surface area contributed by atoms with Crippen molar-refractivity contribution < 1.29 is 15.3 Å². The van der Waals surface area contributed by atoms with E-state index in [4.69, 9.17) is 15.3 Å². The van der Waals surface area contributed by atoms with Crippen LogP contribution in [-0.4, -0.2) is 15.3 Å². The van der Waals surface area contributed by atoms with E-state index in [9.17, 15) is 0 Å². The van der Waals surface area contributed by atoms with Gasteiger partial charge >= 0.3 is 0 Å². The van der Waals surface area contributed by atoms with Crippen molar-refractivity contribution in [2.75, 3.05) is 0 Å². The lowest BCUT2D eigenvalue weighted by atomic mass is 10.1. The van der Waals surface area contributed by atoms with Crippen molar-refractivity contribution in [1.29, 1.82) is 0 Å². The summed E-state index contributed by atoms with van der Waals surface area (Å²) >= 11 is 0. The molecule has 0 saturated heterocycles. The molecule has 0 saturated carbocycles. The molecule has 0 fully saturated rings. The minimum absolute atomic E-state index is 0.0244. The Morgan fingerprint density at radius 2 is 1.53 bits per heavy atom. The van der Waals surface area contributed by atoms with Gasteiger partial charge in [-0.15, -0.1) is 0 Å². The van der Waals surface area contributed by atoms with Crippen molar-refractivity contribution in [2.24, 2.45) is 0 Å². The van der Waals surface area contributed by atoms with E-state index >= 15 is 0 Å². The molecule has 0 unspecified atom stereocenters. The second-order valence-corrected chi connectivity index (χ2v) is 4.26. The minimum atomic E-state index is -0.0461. The van der Waals surface area contributed by atoms with Gasteiger partial charge in [-0.25, -0.2) is 0 Å².